The summed E-state index contributed by atoms with van der Waals surface area (Å²) in [6.45, 7) is 4.31. The Morgan fingerprint density at radius 2 is 1.43 bits per heavy atom. The van der Waals surface area contributed by atoms with Crippen LogP contribution in [0.5, 0.6) is 0 Å². The molecule has 3 rings (SSSR count). The highest BCUT2D eigenvalue weighted by Gasteiger charge is 2.08. The Labute approximate surface area is 177 Å². The van der Waals surface area contributed by atoms with Gasteiger partial charge in [-0.25, -0.2) is 4.39 Å². The third kappa shape index (κ3) is 7.51. The molecule has 2 N–H and O–H groups in total. The van der Waals surface area contributed by atoms with Gasteiger partial charge in [-0.15, -0.1) is 0 Å². The van der Waals surface area contributed by atoms with Gasteiger partial charge in [0.2, 0.25) is 5.91 Å². The molecule has 30 heavy (non-hydrogen) atoms. The van der Waals surface area contributed by atoms with E-state index >= 15 is 0 Å². The molecule has 0 spiro atoms. The van der Waals surface area contributed by atoms with Gasteiger partial charge < -0.3 is 10.6 Å². The van der Waals surface area contributed by atoms with Crippen LogP contribution >= 0.6 is 0 Å². The van der Waals surface area contributed by atoms with E-state index in [9.17, 15) is 14.0 Å². The van der Waals surface area contributed by atoms with Gasteiger partial charge in [0, 0.05) is 12.1 Å². The lowest BCUT2D eigenvalue weighted by Crippen LogP contribution is -2.36. The third-order valence-corrected chi connectivity index (χ3v) is 4.04. The maximum atomic E-state index is 13.1. The summed E-state index contributed by atoms with van der Waals surface area (Å²) in [5.74, 6) is -1.02. The molecule has 0 aromatic heterocycles. The lowest BCUT2D eigenvalue weighted by atomic mass is 10.0. The van der Waals surface area contributed by atoms with Gasteiger partial charge in [-0.2, -0.15) is 0 Å². The monoisotopic (exact) mass is 406 g/mol. The van der Waals surface area contributed by atoms with Crippen molar-refractivity contribution in [3.05, 3.63) is 95.8 Å². The SMILES string of the molecule is CCC.O=C(CNC(=O)c1ccc(-c2ccccc2)cc1)NCc1cccc(F)c1. The van der Waals surface area contributed by atoms with Crippen LogP contribution in [-0.2, 0) is 11.3 Å². The topological polar surface area (TPSA) is 58.2 Å². The van der Waals surface area contributed by atoms with E-state index in [-0.39, 0.29) is 30.7 Å². The van der Waals surface area contributed by atoms with Crippen LogP contribution < -0.4 is 10.6 Å². The lowest BCUT2D eigenvalue weighted by molar-refractivity contribution is -0.120. The third-order valence-electron chi connectivity index (χ3n) is 4.04. The molecule has 0 atom stereocenters. The molecule has 0 aliphatic rings. The fourth-order valence-corrected chi connectivity index (χ4v) is 2.62. The Bertz CT molecular complexity index is 941. The number of hydrogen-bond acceptors (Lipinski definition) is 2. The number of nitrogens with one attached hydrogen (secondary N) is 2. The standard InChI is InChI=1S/C22H19FN2O2.C3H8/c23-20-8-4-5-16(13-20)14-24-21(26)15-25-22(27)19-11-9-18(10-12-19)17-6-2-1-3-7-17;1-3-2/h1-13H,14-15H2,(H,24,26)(H,25,27);3H2,1-2H3. The summed E-state index contributed by atoms with van der Waals surface area (Å²) in [5.41, 5.74) is 3.22. The zero-order valence-electron chi connectivity index (χ0n) is 17.3. The predicted octanol–water partition coefficient (Wildman–Crippen LogP) is 4.96. The predicted molar refractivity (Wildman–Crippen MR) is 118 cm³/mol. The van der Waals surface area contributed by atoms with Crippen LogP contribution in [0.15, 0.2) is 78.9 Å². The normalized spacial score (nSPS) is 9.83. The molecule has 2 amide bonds. The van der Waals surface area contributed by atoms with E-state index in [1.807, 2.05) is 42.5 Å². The second kappa shape index (κ2) is 12.2. The van der Waals surface area contributed by atoms with Gasteiger partial charge in [0.25, 0.3) is 5.91 Å². The maximum absolute atomic E-state index is 13.1. The summed E-state index contributed by atoms with van der Waals surface area (Å²) < 4.78 is 13.1. The summed E-state index contributed by atoms with van der Waals surface area (Å²) in [6, 6.07) is 23.0. The lowest BCUT2D eigenvalue weighted by Gasteiger charge is -2.08. The number of rotatable bonds is 6. The molecule has 5 heteroatoms. The van der Waals surface area contributed by atoms with Gasteiger partial charge in [-0.1, -0.05) is 74.9 Å². The van der Waals surface area contributed by atoms with Crippen molar-refractivity contribution in [2.45, 2.75) is 26.8 Å². The minimum atomic E-state index is -0.353. The van der Waals surface area contributed by atoms with Crippen LogP contribution in [0.25, 0.3) is 11.1 Å². The molecule has 0 saturated carbocycles. The quantitative estimate of drug-likeness (QED) is 0.608. The summed E-state index contributed by atoms with van der Waals surface area (Å²) in [5, 5.41) is 5.22. The summed E-state index contributed by atoms with van der Waals surface area (Å²) in [6.07, 6.45) is 1.25. The molecule has 0 heterocycles. The largest absolute Gasteiger partial charge is 0.350 e. The minimum Gasteiger partial charge on any atom is -0.350 e. The van der Waals surface area contributed by atoms with Crippen LogP contribution in [0.1, 0.15) is 36.2 Å². The summed E-state index contributed by atoms with van der Waals surface area (Å²) >= 11 is 0. The number of benzene rings is 3. The Balaban J connectivity index is 0.00000101. The van der Waals surface area contributed by atoms with E-state index in [0.717, 1.165) is 11.1 Å². The first-order chi connectivity index (χ1) is 14.5. The van der Waals surface area contributed by atoms with Crippen LogP contribution in [0.3, 0.4) is 0 Å². The van der Waals surface area contributed by atoms with Crippen molar-refractivity contribution in [2.75, 3.05) is 6.54 Å². The molecule has 3 aromatic rings. The van der Waals surface area contributed by atoms with Crippen molar-refractivity contribution in [1.82, 2.24) is 10.6 Å². The van der Waals surface area contributed by atoms with Gasteiger partial charge in [-0.3, -0.25) is 9.59 Å². The van der Waals surface area contributed by atoms with E-state index in [4.69, 9.17) is 0 Å². The Kier molecular flexibility index (Phi) is 9.25. The fraction of sp³-hybridized carbons (Fsp3) is 0.200. The van der Waals surface area contributed by atoms with Gasteiger partial charge in [0.1, 0.15) is 5.82 Å². The Hall–Kier alpha value is -3.47. The molecular formula is C25H27FN2O2. The van der Waals surface area contributed by atoms with Crippen LogP contribution in [0, 0.1) is 5.82 Å². The van der Waals surface area contributed by atoms with E-state index < -0.39 is 0 Å². The zero-order chi connectivity index (χ0) is 21.8. The molecule has 0 aliphatic carbocycles. The van der Waals surface area contributed by atoms with E-state index in [1.165, 1.54) is 18.6 Å². The highest BCUT2D eigenvalue weighted by atomic mass is 19.1. The van der Waals surface area contributed by atoms with Crippen LogP contribution in [0.2, 0.25) is 0 Å². The molecule has 156 valence electrons. The van der Waals surface area contributed by atoms with Crippen LogP contribution in [0.4, 0.5) is 4.39 Å². The number of amides is 2. The van der Waals surface area contributed by atoms with Crippen LogP contribution in [-0.4, -0.2) is 18.4 Å². The highest BCUT2D eigenvalue weighted by molar-refractivity contribution is 5.96. The Morgan fingerprint density at radius 3 is 2.07 bits per heavy atom. The number of hydrogen-bond donors (Lipinski definition) is 2. The maximum Gasteiger partial charge on any atom is 0.251 e. The van der Waals surface area contributed by atoms with Gasteiger partial charge in [0.05, 0.1) is 6.54 Å². The van der Waals surface area contributed by atoms with E-state index in [1.54, 1.807) is 24.3 Å². The first-order valence-corrected chi connectivity index (χ1v) is 9.98. The highest BCUT2D eigenvalue weighted by Crippen LogP contribution is 2.19. The molecule has 0 unspecified atom stereocenters. The second-order valence-electron chi connectivity index (χ2n) is 6.74. The van der Waals surface area contributed by atoms with Crippen molar-refractivity contribution in [3.8, 4) is 11.1 Å². The number of carbonyl (C=O) groups excluding carboxylic acids is 2. The van der Waals surface area contributed by atoms with Gasteiger partial charge >= 0.3 is 0 Å². The second-order valence-corrected chi connectivity index (χ2v) is 6.74. The van der Waals surface area contributed by atoms with Crippen molar-refractivity contribution >= 4 is 11.8 Å². The van der Waals surface area contributed by atoms with Gasteiger partial charge in [-0.05, 0) is 41.0 Å². The number of halogens is 1. The van der Waals surface area contributed by atoms with Crippen molar-refractivity contribution in [1.29, 1.82) is 0 Å². The average Bonchev–Trinajstić information content (AvgIpc) is 2.77. The molecule has 0 radical (unpaired) electrons. The van der Waals surface area contributed by atoms with Crippen molar-refractivity contribution in [2.24, 2.45) is 0 Å². The molecule has 0 fully saturated rings. The minimum absolute atomic E-state index is 0.144. The first kappa shape index (κ1) is 22.8. The molecule has 4 nitrogen and oxygen atoms in total. The fourth-order valence-electron chi connectivity index (χ4n) is 2.62. The van der Waals surface area contributed by atoms with E-state index in [0.29, 0.717) is 11.1 Å². The molecule has 0 saturated heterocycles. The molecule has 0 bridgehead atoms. The smallest absolute Gasteiger partial charge is 0.251 e. The molecule has 3 aromatic carbocycles. The first-order valence-electron chi connectivity index (χ1n) is 9.98. The number of carbonyl (C=O) groups is 2. The van der Waals surface area contributed by atoms with Crippen molar-refractivity contribution in [3.63, 3.8) is 0 Å². The summed E-state index contributed by atoms with van der Waals surface area (Å²) in [7, 11) is 0. The molecule has 0 aliphatic heterocycles. The van der Waals surface area contributed by atoms with Gasteiger partial charge in [0.15, 0.2) is 0 Å². The van der Waals surface area contributed by atoms with E-state index in [2.05, 4.69) is 24.5 Å². The average molecular weight is 407 g/mol. The molecular weight excluding hydrogens is 379 g/mol. The summed E-state index contributed by atoms with van der Waals surface area (Å²) in [4.78, 5) is 24.0. The zero-order valence-corrected chi connectivity index (χ0v) is 17.3. The Morgan fingerprint density at radius 1 is 0.800 bits per heavy atom. The van der Waals surface area contributed by atoms with Crippen molar-refractivity contribution < 1.29 is 14.0 Å².